The normalized spacial score (nSPS) is 12.8. The van der Waals surface area contributed by atoms with Gasteiger partial charge >= 0.3 is 0 Å². The highest BCUT2D eigenvalue weighted by Crippen LogP contribution is 2.17. The van der Waals surface area contributed by atoms with Crippen molar-refractivity contribution in [3.05, 3.63) is 35.9 Å². The number of methoxy groups -OCH3 is 1. The molecule has 0 aliphatic heterocycles. The summed E-state index contributed by atoms with van der Waals surface area (Å²) in [6.45, 7) is 0.773. The summed E-state index contributed by atoms with van der Waals surface area (Å²) in [5, 5.41) is 0.949. The molecule has 1 unspecified atom stereocenters. The van der Waals surface area contributed by atoms with Gasteiger partial charge in [0.2, 0.25) is 0 Å². The monoisotopic (exact) mass is 228 g/mol. The van der Waals surface area contributed by atoms with Crippen molar-refractivity contribution < 1.29 is 4.74 Å². The van der Waals surface area contributed by atoms with Crippen LogP contribution in [0, 0.1) is 0 Å². The topological polar surface area (TPSA) is 9.23 Å². The van der Waals surface area contributed by atoms with E-state index in [2.05, 4.69) is 40.2 Å². The van der Waals surface area contributed by atoms with Crippen LogP contribution in [-0.4, -0.2) is 19.0 Å². The molecule has 0 bridgehead atoms. The van der Waals surface area contributed by atoms with E-state index in [0.29, 0.717) is 5.92 Å². The number of hydrogen-bond donors (Lipinski definition) is 0. The van der Waals surface area contributed by atoms with Crippen molar-refractivity contribution in [1.29, 1.82) is 0 Å². The Bertz CT molecular complexity index is 210. The first-order valence-electron chi connectivity index (χ1n) is 3.98. The third-order valence-electron chi connectivity index (χ3n) is 1.83. The summed E-state index contributed by atoms with van der Waals surface area (Å²) in [4.78, 5) is 0. The van der Waals surface area contributed by atoms with Crippen LogP contribution in [0.4, 0.5) is 0 Å². The molecule has 2 heteroatoms. The van der Waals surface area contributed by atoms with Gasteiger partial charge in [0.25, 0.3) is 0 Å². The Labute approximate surface area is 81.9 Å². The van der Waals surface area contributed by atoms with Gasteiger partial charge in [0, 0.05) is 18.4 Å². The second-order valence-electron chi connectivity index (χ2n) is 2.72. The van der Waals surface area contributed by atoms with Crippen LogP contribution in [0.2, 0.25) is 0 Å². The van der Waals surface area contributed by atoms with Gasteiger partial charge in [-0.2, -0.15) is 0 Å². The van der Waals surface area contributed by atoms with Gasteiger partial charge in [-0.25, -0.2) is 0 Å². The predicted octanol–water partition coefficient (Wildman–Crippen LogP) is 2.81. The number of hydrogen-bond acceptors (Lipinski definition) is 1. The van der Waals surface area contributed by atoms with Gasteiger partial charge in [-0.05, 0) is 5.56 Å². The number of alkyl halides is 1. The zero-order chi connectivity index (χ0) is 8.81. The highest BCUT2D eigenvalue weighted by atomic mass is 79.9. The minimum absolute atomic E-state index is 0.469. The molecule has 0 saturated heterocycles. The number of benzene rings is 1. The summed E-state index contributed by atoms with van der Waals surface area (Å²) in [7, 11) is 1.73. The molecule has 1 aromatic carbocycles. The second-order valence-corrected chi connectivity index (χ2v) is 3.36. The van der Waals surface area contributed by atoms with E-state index in [1.54, 1.807) is 7.11 Å². The maximum Gasteiger partial charge on any atom is 0.0539 e. The zero-order valence-corrected chi connectivity index (χ0v) is 8.75. The van der Waals surface area contributed by atoms with Crippen molar-refractivity contribution in [2.24, 2.45) is 0 Å². The molecular weight excluding hydrogens is 216 g/mol. The quantitative estimate of drug-likeness (QED) is 0.721. The molecule has 12 heavy (non-hydrogen) atoms. The zero-order valence-electron chi connectivity index (χ0n) is 7.16. The van der Waals surface area contributed by atoms with E-state index in [0.717, 1.165) is 11.9 Å². The Morgan fingerprint density at radius 1 is 1.33 bits per heavy atom. The fourth-order valence-corrected chi connectivity index (χ4v) is 1.72. The maximum atomic E-state index is 5.12. The van der Waals surface area contributed by atoms with Crippen LogP contribution >= 0.6 is 15.9 Å². The molecule has 1 nitrogen and oxygen atoms in total. The Morgan fingerprint density at radius 3 is 2.50 bits per heavy atom. The van der Waals surface area contributed by atoms with Crippen LogP contribution in [0.3, 0.4) is 0 Å². The van der Waals surface area contributed by atoms with Gasteiger partial charge in [-0.1, -0.05) is 46.3 Å². The first kappa shape index (κ1) is 9.75. The van der Waals surface area contributed by atoms with Crippen LogP contribution in [0.5, 0.6) is 0 Å². The molecule has 1 rings (SSSR count). The summed E-state index contributed by atoms with van der Waals surface area (Å²) < 4.78 is 5.12. The Balaban J connectivity index is 2.66. The molecule has 1 atom stereocenters. The summed E-state index contributed by atoms with van der Waals surface area (Å²) in [5.74, 6) is 0.469. The summed E-state index contributed by atoms with van der Waals surface area (Å²) in [6, 6.07) is 10.4. The summed E-state index contributed by atoms with van der Waals surface area (Å²) >= 11 is 3.47. The molecule has 0 heterocycles. The number of rotatable bonds is 4. The van der Waals surface area contributed by atoms with E-state index in [1.165, 1.54) is 5.56 Å². The van der Waals surface area contributed by atoms with Gasteiger partial charge < -0.3 is 4.74 Å². The Hall–Kier alpha value is -0.340. The average molecular weight is 229 g/mol. The fraction of sp³-hybridized carbons (Fsp3) is 0.400. The van der Waals surface area contributed by atoms with Crippen molar-refractivity contribution in [3.63, 3.8) is 0 Å². The van der Waals surface area contributed by atoms with Crippen molar-refractivity contribution in [2.45, 2.75) is 5.92 Å². The molecule has 0 aliphatic rings. The van der Waals surface area contributed by atoms with E-state index >= 15 is 0 Å². The van der Waals surface area contributed by atoms with Gasteiger partial charge in [0.1, 0.15) is 0 Å². The lowest BCUT2D eigenvalue weighted by atomic mass is 10.0. The van der Waals surface area contributed by atoms with E-state index in [1.807, 2.05) is 6.07 Å². The van der Waals surface area contributed by atoms with Crippen molar-refractivity contribution >= 4 is 15.9 Å². The van der Waals surface area contributed by atoms with E-state index in [-0.39, 0.29) is 0 Å². The van der Waals surface area contributed by atoms with Crippen molar-refractivity contribution in [1.82, 2.24) is 0 Å². The van der Waals surface area contributed by atoms with Crippen LogP contribution in [0.25, 0.3) is 0 Å². The molecule has 1 aromatic rings. The molecule has 0 spiro atoms. The van der Waals surface area contributed by atoms with Crippen molar-refractivity contribution in [3.8, 4) is 0 Å². The maximum absolute atomic E-state index is 5.12. The highest BCUT2D eigenvalue weighted by molar-refractivity contribution is 9.09. The molecule has 0 aliphatic carbocycles. The van der Waals surface area contributed by atoms with Crippen LogP contribution in [0.1, 0.15) is 11.5 Å². The Morgan fingerprint density at radius 2 is 2.00 bits per heavy atom. The summed E-state index contributed by atoms with van der Waals surface area (Å²) in [5.41, 5.74) is 1.33. The molecule has 66 valence electrons. The predicted molar refractivity (Wildman–Crippen MR) is 54.9 cm³/mol. The minimum atomic E-state index is 0.469. The van der Waals surface area contributed by atoms with Gasteiger partial charge in [0.05, 0.1) is 6.61 Å². The third kappa shape index (κ3) is 2.61. The number of ether oxygens (including phenoxy) is 1. The largest absolute Gasteiger partial charge is 0.384 e. The molecule has 0 saturated carbocycles. The average Bonchev–Trinajstić information content (AvgIpc) is 2.15. The van der Waals surface area contributed by atoms with E-state index in [9.17, 15) is 0 Å². The number of halogens is 1. The Kier molecular flexibility index (Phi) is 4.33. The minimum Gasteiger partial charge on any atom is -0.384 e. The van der Waals surface area contributed by atoms with E-state index in [4.69, 9.17) is 4.74 Å². The van der Waals surface area contributed by atoms with Gasteiger partial charge in [-0.3, -0.25) is 0 Å². The lowest BCUT2D eigenvalue weighted by Gasteiger charge is -2.12. The van der Waals surface area contributed by atoms with Crippen LogP contribution in [-0.2, 0) is 4.74 Å². The molecular formula is C10H13BrO. The fourth-order valence-electron chi connectivity index (χ4n) is 1.16. The molecule has 0 radical (unpaired) electrons. The lowest BCUT2D eigenvalue weighted by molar-refractivity contribution is 0.186. The first-order valence-corrected chi connectivity index (χ1v) is 5.10. The first-order chi connectivity index (χ1) is 5.88. The molecule has 0 N–H and O–H groups in total. The summed E-state index contributed by atoms with van der Waals surface area (Å²) in [6.07, 6.45) is 0. The van der Waals surface area contributed by atoms with Gasteiger partial charge in [0.15, 0.2) is 0 Å². The third-order valence-corrected chi connectivity index (χ3v) is 2.61. The molecule has 0 amide bonds. The molecule has 0 aromatic heterocycles. The van der Waals surface area contributed by atoms with Gasteiger partial charge in [-0.15, -0.1) is 0 Å². The van der Waals surface area contributed by atoms with Crippen LogP contribution in [0.15, 0.2) is 30.3 Å². The molecule has 0 fully saturated rings. The smallest absolute Gasteiger partial charge is 0.0539 e. The lowest BCUT2D eigenvalue weighted by Crippen LogP contribution is -2.07. The van der Waals surface area contributed by atoms with Crippen LogP contribution < -0.4 is 0 Å². The SMILES string of the molecule is COCC(CBr)c1ccccc1. The van der Waals surface area contributed by atoms with E-state index < -0.39 is 0 Å². The second kappa shape index (κ2) is 5.33. The standard InChI is InChI=1S/C10H13BrO/c1-12-8-10(7-11)9-5-3-2-4-6-9/h2-6,10H,7-8H2,1H3. The highest BCUT2D eigenvalue weighted by Gasteiger charge is 2.07. The van der Waals surface area contributed by atoms with Crippen molar-refractivity contribution in [2.75, 3.05) is 19.0 Å².